The Labute approximate surface area is 186 Å². The molecule has 1 aromatic rings. The Morgan fingerprint density at radius 3 is 2.52 bits per heavy atom. The molecule has 2 N–H and O–H groups in total. The van der Waals surface area contributed by atoms with Crippen LogP contribution in [0.3, 0.4) is 0 Å². The van der Waals surface area contributed by atoms with Gasteiger partial charge in [0.1, 0.15) is 0 Å². The van der Waals surface area contributed by atoms with E-state index in [9.17, 15) is 0 Å². The Morgan fingerprint density at radius 1 is 1.22 bits per heavy atom. The smallest absolute Gasteiger partial charge is 0.191 e. The second-order valence-corrected chi connectivity index (χ2v) is 8.50. The summed E-state index contributed by atoms with van der Waals surface area (Å²) in [5, 5.41) is 7.33. The van der Waals surface area contributed by atoms with Crippen molar-refractivity contribution in [1.82, 2.24) is 15.5 Å². The maximum absolute atomic E-state index is 5.79. The van der Waals surface area contributed by atoms with Gasteiger partial charge in [0.05, 0.1) is 12.2 Å². The van der Waals surface area contributed by atoms with Crippen molar-refractivity contribution in [2.45, 2.75) is 49.5 Å². The molecule has 154 valence electrons. The summed E-state index contributed by atoms with van der Waals surface area (Å²) in [6.07, 6.45) is 1.78. The van der Waals surface area contributed by atoms with E-state index < -0.39 is 0 Å². The van der Waals surface area contributed by atoms with Crippen molar-refractivity contribution in [2.24, 2.45) is 4.99 Å². The van der Waals surface area contributed by atoms with Gasteiger partial charge in [0, 0.05) is 49.9 Å². The van der Waals surface area contributed by atoms with Gasteiger partial charge >= 0.3 is 0 Å². The van der Waals surface area contributed by atoms with E-state index in [2.05, 4.69) is 71.6 Å². The number of benzene rings is 1. The maximum atomic E-state index is 5.79. The highest BCUT2D eigenvalue weighted by atomic mass is 127. The van der Waals surface area contributed by atoms with Crippen molar-refractivity contribution >= 4 is 41.7 Å². The Balaban J connectivity index is 0.00000364. The first-order valence-corrected chi connectivity index (χ1v) is 10.5. The number of aliphatic imine (C=N–C) groups is 1. The summed E-state index contributed by atoms with van der Waals surface area (Å²) in [5.41, 5.74) is 0. The zero-order chi connectivity index (χ0) is 18.8. The number of rotatable bonds is 8. The molecule has 1 saturated heterocycles. The lowest BCUT2D eigenvalue weighted by molar-refractivity contribution is -0.0679. The third-order valence-electron chi connectivity index (χ3n) is 4.30. The number of halogens is 1. The molecule has 1 aliphatic heterocycles. The van der Waals surface area contributed by atoms with Gasteiger partial charge in [-0.15, -0.1) is 35.7 Å². The molecule has 5 nitrogen and oxygen atoms in total. The van der Waals surface area contributed by atoms with Crippen LogP contribution in [0.25, 0.3) is 0 Å². The highest BCUT2D eigenvalue weighted by Gasteiger charge is 2.21. The van der Waals surface area contributed by atoms with Gasteiger partial charge in [0.2, 0.25) is 0 Å². The zero-order valence-corrected chi connectivity index (χ0v) is 20.1. The number of thioether (sulfide) groups is 1. The average molecular weight is 506 g/mol. The van der Waals surface area contributed by atoms with Gasteiger partial charge in [-0.1, -0.05) is 25.1 Å². The number of hydrogen-bond acceptors (Lipinski definition) is 4. The second kappa shape index (κ2) is 13.6. The van der Waals surface area contributed by atoms with Crippen LogP contribution in [0.15, 0.2) is 40.2 Å². The van der Waals surface area contributed by atoms with Crippen LogP contribution < -0.4 is 10.6 Å². The van der Waals surface area contributed by atoms with Crippen LogP contribution in [-0.4, -0.2) is 68.1 Å². The molecule has 0 bridgehead atoms. The van der Waals surface area contributed by atoms with E-state index in [1.54, 1.807) is 0 Å². The third-order valence-corrected chi connectivity index (χ3v) is 5.41. The number of nitrogens with zero attached hydrogens (tertiary/aromatic N) is 2. The fraction of sp³-hybridized carbons (Fsp3) is 0.650. The molecule has 0 aromatic heterocycles. The summed E-state index contributed by atoms with van der Waals surface area (Å²) in [6.45, 7) is 11.5. The summed E-state index contributed by atoms with van der Waals surface area (Å²) >= 11 is 1.88. The molecule has 1 fully saturated rings. The second-order valence-electron chi connectivity index (χ2n) is 6.99. The van der Waals surface area contributed by atoms with Crippen molar-refractivity contribution in [3.63, 3.8) is 0 Å². The monoisotopic (exact) mass is 506 g/mol. The lowest BCUT2D eigenvalue weighted by atomic mass is 10.2. The van der Waals surface area contributed by atoms with E-state index in [-0.39, 0.29) is 24.0 Å². The fourth-order valence-corrected chi connectivity index (χ4v) is 4.16. The van der Waals surface area contributed by atoms with Gasteiger partial charge in [0.15, 0.2) is 5.96 Å². The summed E-state index contributed by atoms with van der Waals surface area (Å²) in [6, 6.07) is 10.5. The number of ether oxygens (including phenoxy) is 1. The maximum Gasteiger partial charge on any atom is 0.191 e. The van der Waals surface area contributed by atoms with E-state index in [4.69, 9.17) is 4.74 Å². The van der Waals surface area contributed by atoms with E-state index in [1.807, 2.05) is 18.8 Å². The minimum absolute atomic E-state index is 0. The Morgan fingerprint density at radius 2 is 1.89 bits per heavy atom. The molecule has 0 radical (unpaired) electrons. The zero-order valence-electron chi connectivity index (χ0n) is 17.0. The normalized spacial score (nSPS) is 22.0. The number of morpholine rings is 1. The average Bonchev–Trinajstić information content (AvgIpc) is 2.61. The lowest BCUT2D eigenvalue weighted by Crippen LogP contribution is -2.46. The van der Waals surface area contributed by atoms with E-state index in [0.29, 0.717) is 17.5 Å². The number of guanidine groups is 1. The van der Waals surface area contributed by atoms with Crippen molar-refractivity contribution in [2.75, 3.05) is 39.8 Å². The van der Waals surface area contributed by atoms with Gasteiger partial charge in [-0.25, -0.2) is 0 Å². The highest BCUT2D eigenvalue weighted by Crippen LogP contribution is 2.21. The van der Waals surface area contributed by atoms with Crippen LogP contribution in [0.5, 0.6) is 0 Å². The standard InChI is InChI=1S/C20H34N4OS.HI/c1-16-14-24(15-17(2)25-16)12-8-11-22-20(21-4)23-13-18(3)26-19-9-6-5-7-10-19;/h5-7,9-10,16-18H,8,11-15H2,1-4H3,(H2,21,22,23);1H. The number of nitrogens with one attached hydrogen (secondary N) is 2. The Hall–Kier alpha value is -0.510. The third kappa shape index (κ3) is 10.0. The van der Waals surface area contributed by atoms with Gasteiger partial charge in [-0.05, 0) is 32.4 Å². The topological polar surface area (TPSA) is 48.9 Å². The SMILES string of the molecule is CN=C(NCCCN1CC(C)OC(C)C1)NCC(C)Sc1ccccc1.I. The molecule has 0 spiro atoms. The van der Waals surface area contributed by atoms with Gasteiger partial charge in [-0.2, -0.15) is 0 Å². The lowest BCUT2D eigenvalue weighted by Gasteiger charge is -2.35. The predicted octanol–water partition coefficient (Wildman–Crippen LogP) is 3.45. The molecule has 0 aliphatic carbocycles. The summed E-state index contributed by atoms with van der Waals surface area (Å²) in [7, 11) is 1.83. The first kappa shape index (κ1) is 24.5. The molecule has 1 aromatic carbocycles. The van der Waals surface area contributed by atoms with Crippen molar-refractivity contribution in [3.05, 3.63) is 30.3 Å². The van der Waals surface area contributed by atoms with Gasteiger partial charge < -0.3 is 15.4 Å². The van der Waals surface area contributed by atoms with Crippen LogP contribution in [0.4, 0.5) is 0 Å². The molecular weight excluding hydrogens is 471 g/mol. The molecule has 27 heavy (non-hydrogen) atoms. The minimum Gasteiger partial charge on any atom is -0.373 e. The van der Waals surface area contributed by atoms with Crippen molar-refractivity contribution < 1.29 is 4.74 Å². The van der Waals surface area contributed by atoms with Crippen LogP contribution >= 0.6 is 35.7 Å². The molecule has 3 atom stereocenters. The summed E-state index contributed by atoms with van der Waals surface area (Å²) in [4.78, 5) is 8.13. The van der Waals surface area contributed by atoms with Gasteiger partial charge in [0.25, 0.3) is 0 Å². The van der Waals surface area contributed by atoms with Gasteiger partial charge in [-0.3, -0.25) is 9.89 Å². The molecule has 7 heteroatoms. The highest BCUT2D eigenvalue weighted by molar-refractivity contribution is 14.0. The fourth-order valence-electron chi connectivity index (χ4n) is 3.21. The summed E-state index contributed by atoms with van der Waals surface area (Å²) < 4.78 is 5.79. The van der Waals surface area contributed by atoms with E-state index >= 15 is 0 Å². The summed E-state index contributed by atoms with van der Waals surface area (Å²) in [5.74, 6) is 0.884. The molecule has 1 aliphatic rings. The van der Waals surface area contributed by atoms with Crippen molar-refractivity contribution in [1.29, 1.82) is 0 Å². The van der Waals surface area contributed by atoms with Crippen LogP contribution in [-0.2, 0) is 4.74 Å². The number of hydrogen-bond donors (Lipinski definition) is 2. The molecular formula is C20H35IN4OS. The molecule has 3 unspecified atom stereocenters. The molecule has 1 heterocycles. The quantitative estimate of drug-likeness (QED) is 0.186. The molecule has 2 rings (SSSR count). The first-order valence-electron chi connectivity index (χ1n) is 9.61. The van der Waals surface area contributed by atoms with E-state index in [0.717, 1.165) is 45.1 Å². The molecule has 0 amide bonds. The Bertz CT molecular complexity index is 536. The minimum atomic E-state index is 0. The van der Waals surface area contributed by atoms with E-state index in [1.165, 1.54) is 4.90 Å². The molecule has 0 saturated carbocycles. The van der Waals surface area contributed by atoms with Crippen LogP contribution in [0.1, 0.15) is 27.2 Å². The predicted molar refractivity (Wildman–Crippen MR) is 128 cm³/mol. The first-order chi connectivity index (χ1) is 12.6. The van der Waals surface area contributed by atoms with Crippen LogP contribution in [0, 0.1) is 0 Å². The van der Waals surface area contributed by atoms with Crippen LogP contribution in [0.2, 0.25) is 0 Å². The Kier molecular flexibility index (Phi) is 12.4. The van der Waals surface area contributed by atoms with Crippen molar-refractivity contribution in [3.8, 4) is 0 Å². The largest absolute Gasteiger partial charge is 0.373 e.